The predicted octanol–water partition coefficient (Wildman–Crippen LogP) is 2.66. The maximum absolute atomic E-state index is 4.20. The predicted molar refractivity (Wildman–Crippen MR) is 45.0 cm³/mol. The van der Waals surface area contributed by atoms with Gasteiger partial charge in [-0.15, -0.1) is 0 Å². The first-order chi connectivity index (χ1) is 4.43. The van der Waals surface area contributed by atoms with Crippen LogP contribution in [-0.4, -0.2) is 5.75 Å². The zero-order valence-electron chi connectivity index (χ0n) is 5.71. The summed E-state index contributed by atoms with van der Waals surface area (Å²) < 4.78 is 0. The first kappa shape index (κ1) is 7.20. The summed E-state index contributed by atoms with van der Waals surface area (Å²) in [5.41, 5.74) is 0. The van der Waals surface area contributed by atoms with E-state index in [9.17, 15) is 0 Å². The van der Waals surface area contributed by atoms with Gasteiger partial charge in [-0.3, -0.25) is 0 Å². The molecule has 1 heteroatoms. The van der Waals surface area contributed by atoms with Gasteiger partial charge < -0.3 is 0 Å². The van der Waals surface area contributed by atoms with Gasteiger partial charge in [-0.25, -0.2) is 0 Å². The smallest absolute Gasteiger partial charge is 0.00923 e. The third-order valence-corrected chi connectivity index (χ3v) is 2.11. The van der Waals surface area contributed by atoms with Gasteiger partial charge in [0.2, 0.25) is 0 Å². The van der Waals surface area contributed by atoms with Crippen LogP contribution in [0.15, 0.2) is 12.2 Å². The summed E-state index contributed by atoms with van der Waals surface area (Å²) in [5.74, 6) is 1.88. The molecule has 0 aromatic heterocycles. The van der Waals surface area contributed by atoms with E-state index in [0.717, 1.165) is 11.7 Å². The Morgan fingerprint density at radius 2 is 2.44 bits per heavy atom. The molecular formula is C8H14S. The van der Waals surface area contributed by atoms with Crippen LogP contribution < -0.4 is 0 Å². The summed E-state index contributed by atoms with van der Waals surface area (Å²) >= 11 is 4.20. The zero-order chi connectivity index (χ0) is 6.53. The number of rotatable bonds is 2. The van der Waals surface area contributed by atoms with Gasteiger partial charge in [0.1, 0.15) is 0 Å². The molecule has 0 saturated carbocycles. The van der Waals surface area contributed by atoms with Crippen molar-refractivity contribution >= 4 is 12.6 Å². The Bertz CT molecular complexity index is 96.7. The van der Waals surface area contributed by atoms with Crippen molar-refractivity contribution in [1.82, 2.24) is 0 Å². The van der Waals surface area contributed by atoms with E-state index in [1.54, 1.807) is 0 Å². The summed E-state index contributed by atoms with van der Waals surface area (Å²) in [6.45, 7) is 0. The molecule has 0 radical (unpaired) electrons. The molecule has 1 atom stereocenters. The van der Waals surface area contributed by atoms with Crippen molar-refractivity contribution in [2.24, 2.45) is 5.92 Å². The largest absolute Gasteiger partial charge is 0.179 e. The maximum atomic E-state index is 4.20. The molecule has 0 N–H and O–H groups in total. The summed E-state index contributed by atoms with van der Waals surface area (Å²) in [4.78, 5) is 0. The van der Waals surface area contributed by atoms with E-state index in [4.69, 9.17) is 0 Å². The van der Waals surface area contributed by atoms with Gasteiger partial charge in [0.25, 0.3) is 0 Å². The summed E-state index contributed by atoms with van der Waals surface area (Å²) in [6, 6.07) is 0. The Labute approximate surface area is 62.8 Å². The van der Waals surface area contributed by atoms with Crippen molar-refractivity contribution in [3.05, 3.63) is 12.2 Å². The lowest BCUT2D eigenvalue weighted by molar-refractivity contribution is 0.531. The van der Waals surface area contributed by atoms with Crippen LogP contribution in [0.4, 0.5) is 0 Å². The molecule has 0 aromatic carbocycles. The fourth-order valence-corrected chi connectivity index (χ4v) is 1.62. The minimum Gasteiger partial charge on any atom is -0.179 e. The van der Waals surface area contributed by atoms with Crippen molar-refractivity contribution in [1.29, 1.82) is 0 Å². The van der Waals surface area contributed by atoms with Crippen LogP contribution in [0.5, 0.6) is 0 Å². The Hall–Kier alpha value is 0.0900. The molecule has 0 heterocycles. The van der Waals surface area contributed by atoms with Crippen molar-refractivity contribution in [3.8, 4) is 0 Å². The minimum absolute atomic E-state index is 0.844. The molecule has 0 amide bonds. The van der Waals surface area contributed by atoms with Gasteiger partial charge in [0.15, 0.2) is 0 Å². The van der Waals surface area contributed by atoms with Crippen LogP contribution in [0.2, 0.25) is 0 Å². The minimum atomic E-state index is 0.844. The molecule has 0 aliphatic heterocycles. The monoisotopic (exact) mass is 142 g/mol. The molecule has 1 aliphatic rings. The Kier molecular flexibility index (Phi) is 3.20. The molecular weight excluding hydrogens is 128 g/mol. The van der Waals surface area contributed by atoms with Crippen molar-refractivity contribution < 1.29 is 0 Å². The lowest BCUT2D eigenvalue weighted by Gasteiger charge is -2.13. The van der Waals surface area contributed by atoms with E-state index in [2.05, 4.69) is 24.8 Å². The normalized spacial score (nSPS) is 26.6. The Balaban J connectivity index is 2.23. The highest BCUT2D eigenvalue weighted by Gasteiger charge is 2.05. The van der Waals surface area contributed by atoms with Crippen LogP contribution in [0.3, 0.4) is 0 Å². The van der Waals surface area contributed by atoms with Crippen molar-refractivity contribution in [3.63, 3.8) is 0 Å². The fourth-order valence-electron chi connectivity index (χ4n) is 1.29. The van der Waals surface area contributed by atoms with Gasteiger partial charge in [0, 0.05) is 0 Å². The van der Waals surface area contributed by atoms with Gasteiger partial charge >= 0.3 is 0 Å². The standard InChI is InChI=1S/C8H14S/c9-7-6-8-4-2-1-3-5-8/h2,4,8-9H,1,3,5-7H2. The molecule has 1 unspecified atom stereocenters. The fraction of sp³-hybridized carbons (Fsp3) is 0.750. The topological polar surface area (TPSA) is 0 Å². The summed E-state index contributed by atoms with van der Waals surface area (Å²) in [7, 11) is 0. The highest BCUT2D eigenvalue weighted by atomic mass is 32.1. The molecule has 9 heavy (non-hydrogen) atoms. The van der Waals surface area contributed by atoms with Crippen molar-refractivity contribution in [2.45, 2.75) is 25.7 Å². The molecule has 0 spiro atoms. The molecule has 52 valence electrons. The second kappa shape index (κ2) is 3.99. The van der Waals surface area contributed by atoms with E-state index < -0.39 is 0 Å². The van der Waals surface area contributed by atoms with Crippen LogP contribution in [0.1, 0.15) is 25.7 Å². The van der Waals surface area contributed by atoms with Gasteiger partial charge in [0.05, 0.1) is 0 Å². The third-order valence-electron chi connectivity index (χ3n) is 1.85. The van der Waals surface area contributed by atoms with E-state index in [1.807, 2.05) is 0 Å². The SMILES string of the molecule is SCCC1C=CCCC1. The number of thiol groups is 1. The molecule has 0 fully saturated rings. The molecule has 0 saturated heterocycles. The van der Waals surface area contributed by atoms with Crippen LogP contribution in [-0.2, 0) is 0 Å². The highest BCUT2D eigenvalue weighted by molar-refractivity contribution is 7.80. The van der Waals surface area contributed by atoms with E-state index in [1.165, 1.54) is 25.7 Å². The van der Waals surface area contributed by atoms with Gasteiger partial charge in [-0.1, -0.05) is 12.2 Å². The quantitative estimate of drug-likeness (QED) is 0.445. The first-order valence-corrected chi connectivity index (χ1v) is 4.34. The lowest BCUT2D eigenvalue weighted by Crippen LogP contribution is -2.00. The second-order valence-electron chi connectivity index (χ2n) is 2.63. The summed E-state index contributed by atoms with van der Waals surface area (Å²) in [6.07, 6.45) is 9.98. The van der Waals surface area contributed by atoms with E-state index >= 15 is 0 Å². The highest BCUT2D eigenvalue weighted by Crippen LogP contribution is 2.19. The van der Waals surface area contributed by atoms with Crippen LogP contribution >= 0.6 is 12.6 Å². The van der Waals surface area contributed by atoms with Gasteiger partial charge in [-0.2, -0.15) is 12.6 Å². The molecule has 0 bridgehead atoms. The molecule has 0 aromatic rings. The number of allylic oxidation sites excluding steroid dienone is 2. The van der Waals surface area contributed by atoms with Crippen LogP contribution in [0, 0.1) is 5.92 Å². The average Bonchev–Trinajstić information content (AvgIpc) is 1.91. The van der Waals surface area contributed by atoms with E-state index in [0.29, 0.717) is 0 Å². The Morgan fingerprint density at radius 1 is 1.56 bits per heavy atom. The number of hydrogen-bond acceptors (Lipinski definition) is 1. The lowest BCUT2D eigenvalue weighted by atomic mass is 9.94. The van der Waals surface area contributed by atoms with Gasteiger partial charge in [-0.05, 0) is 37.4 Å². The zero-order valence-corrected chi connectivity index (χ0v) is 6.61. The van der Waals surface area contributed by atoms with E-state index in [-0.39, 0.29) is 0 Å². The molecule has 1 aliphatic carbocycles. The third kappa shape index (κ3) is 2.44. The molecule has 1 rings (SSSR count). The Morgan fingerprint density at radius 3 is 3.00 bits per heavy atom. The first-order valence-electron chi connectivity index (χ1n) is 3.71. The van der Waals surface area contributed by atoms with Crippen molar-refractivity contribution in [2.75, 3.05) is 5.75 Å². The number of hydrogen-bond donors (Lipinski definition) is 1. The van der Waals surface area contributed by atoms with Crippen LogP contribution in [0.25, 0.3) is 0 Å². The second-order valence-corrected chi connectivity index (χ2v) is 3.08. The maximum Gasteiger partial charge on any atom is -0.00923 e. The molecule has 0 nitrogen and oxygen atoms in total. The average molecular weight is 142 g/mol. The summed E-state index contributed by atoms with van der Waals surface area (Å²) in [5, 5.41) is 0.